The van der Waals surface area contributed by atoms with Crippen molar-refractivity contribution in [2.75, 3.05) is 0 Å². The zero-order valence-corrected chi connectivity index (χ0v) is 18.7. The standard InChI is InChI=1S/C27H39F3/c1-2-3-18-4-6-19(7-5-18)8-9-20-10-11-22-15-23(13-12-21(22)14-20)24-16-25(28)27(30)26(29)17-24/h16-23H,2-15H2,1H3. The van der Waals surface area contributed by atoms with Crippen LogP contribution in [0.15, 0.2) is 12.1 Å². The fraction of sp³-hybridized carbons (Fsp3) is 0.778. The maximum absolute atomic E-state index is 13.7. The van der Waals surface area contributed by atoms with Crippen molar-refractivity contribution in [1.29, 1.82) is 0 Å². The van der Waals surface area contributed by atoms with Crippen LogP contribution in [0.2, 0.25) is 0 Å². The first-order chi connectivity index (χ1) is 14.5. The van der Waals surface area contributed by atoms with Gasteiger partial charge < -0.3 is 0 Å². The van der Waals surface area contributed by atoms with E-state index in [0.29, 0.717) is 11.5 Å². The van der Waals surface area contributed by atoms with E-state index in [2.05, 4.69) is 6.92 Å². The van der Waals surface area contributed by atoms with E-state index in [4.69, 9.17) is 0 Å². The Morgan fingerprint density at radius 2 is 1.20 bits per heavy atom. The normalized spacial score (nSPS) is 34.5. The Balaban J connectivity index is 1.23. The van der Waals surface area contributed by atoms with Gasteiger partial charge in [0.1, 0.15) is 0 Å². The van der Waals surface area contributed by atoms with Gasteiger partial charge in [-0.05, 0) is 85.3 Å². The van der Waals surface area contributed by atoms with Crippen LogP contribution in [0.5, 0.6) is 0 Å². The predicted molar refractivity (Wildman–Crippen MR) is 117 cm³/mol. The third-order valence-corrected chi connectivity index (χ3v) is 8.85. The van der Waals surface area contributed by atoms with E-state index in [1.54, 1.807) is 0 Å². The molecular weight excluding hydrogens is 381 g/mol. The van der Waals surface area contributed by atoms with Crippen LogP contribution in [0, 0.1) is 47.0 Å². The van der Waals surface area contributed by atoms with Crippen molar-refractivity contribution in [2.45, 2.75) is 103 Å². The van der Waals surface area contributed by atoms with Crippen LogP contribution in [0.1, 0.15) is 108 Å². The minimum atomic E-state index is -1.34. The monoisotopic (exact) mass is 420 g/mol. The smallest absolute Gasteiger partial charge is 0.194 e. The van der Waals surface area contributed by atoms with Crippen LogP contribution in [0.4, 0.5) is 13.2 Å². The summed E-state index contributed by atoms with van der Waals surface area (Å²) in [6.45, 7) is 2.31. The highest BCUT2D eigenvalue weighted by Gasteiger charge is 2.36. The van der Waals surface area contributed by atoms with Crippen molar-refractivity contribution >= 4 is 0 Å². The first-order valence-corrected chi connectivity index (χ1v) is 12.7. The summed E-state index contributed by atoms with van der Waals surface area (Å²) in [5, 5.41) is 0. The molecule has 1 aromatic rings. The fourth-order valence-electron chi connectivity index (χ4n) is 7.05. The molecule has 4 unspecified atom stereocenters. The maximum Gasteiger partial charge on any atom is 0.194 e. The van der Waals surface area contributed by atoms with E-state index in [-0.39, 0.29) is 5.92 Å². The Bertz CT molecular complexity index is 668. The van der Waals surface area contributed by atoms with E-state index < -0.39 is 17.5 Å². The van der Waals surface area contributed by atoms with Crippen molar-refractivity contribution < 1.29 is 13.2 Å². The highest BCUT2D eigenvalue weighted by Crippen LogP contribution is 2.49. The molecule has 3 aliphatic rings. The molecular formula is C27H39F3. The van der Waals surface area contributed by atoms with Crippen LogP contribution in [0.3, 0.4) is 0 Å². The molecule has 1 aromatic carbocycles. The molecule has 0 spiro atoms. The summed E-state index contributed by atoms with van der Waals surface area (Å²) < 4.78 is 40.6. The molecule has 0 amide bonds. The largest absolute Gasteiger partial charge is 0.204 e. The molecule has 3 saturated carbocycles. The minimum absolute atomic E-state index is 0.186. The molecule has 4 rings (SSSR count). The summed E-state index contributed by atoms with van der Waals surface area (Å²) in [5.74, 6) is 1.08. The first-order valence-electron chi connectivity index (χ1n) is 12.7. The Labute approximate surface area is 181 Å². The Morgan fingerprint density at radius 3 is 1.87 bits per heavy atom. The lowest BCUT2D eigenvalue weighted by Crippen LogP contribution is -2.30. The van der Waals surface area contributed by atoms with Gasteiger partial charge in [-0.2, -0.15) is 0 Å². The average molecular weight is 421 g/mol. The number of rotatable bonds is 6. The molecule has 0 saturated heterocycles. The van der Waals surface area contributed by atoms with Gasteiger partial charge in [0.15, 0.2) is 17.5 Å². The Hall–Kier alpha value is -0.990. The SMILES string of the molecule is CCCC1CCC(CCC2CCC3CC(c4cc(F)c(F)c(F)c4)CCC3C2)CC1. The molecule has 3 fully saturated rings. The minimum Gasteiger partial charge on any atom is -0.204 e. The second kappa shape index (κ2) is 10.1. The average Bonchev–Trinajstić information content (AvgIpc) is 2.76. The highest BCUT2D eigenvalue weighted by molar-refractivity contribution is 5.24. The number of benzene rings is 1. The van der Waals surface area contributed by atoms with Gasteiger partial charge in [0.05, 0.1) is 0 Å². The summed E-state index contributed by atoms with van der Waals surface area (Å²) in [6.07, 6.45) is 18.5. The van der Waals surface area contributed by atoms with E-state index in [1.165, 1.54) is 82.8 Å². The predicted octanol–water partition coefficient (Wildman–Crippen LogP) is 8.79. The molecule has 3 heteroatoms. The second-order valence-electron chi connectivity index (χ2n) is 10.8. The second-order valence-corrected chi connectivity index (χ2v) is 10.8. The molecule has 3 aliphatic carbocycles. The molecule has 4 atom stereocenters. The highest BCUT2D eigenvalue weighted by atomic mass is 19.2. The third kappa shape index (κ3) is 5.25. The van der Waals surface area contributed by atoms with Crippen LogP contribution in [0.25, 0.3) is 0 Å². The summed E-state index contributed by atoms with van der Waals surface area (Å²) in [5.41, 5.74) is 0.658. The zero-order chi connectivity index (χ0) is 21.1. The van der Waals surface area contributed by atoms with E-state index in [9.17, 15) is 13.2 Å². The van der Waals surface area contributed by atoms with Gasteiger partial charge in [0.25, 0.3) is 0 Å². The third-order valence-electron chi connectivity index (χ3n) is 8.85. The molecule has 0 N–H and O–H groups in total. The van der Waals surface area contributed by atoms with E-state index in [1.807, 2.05) is 0 Å². The zero-order valence-electron chi connectivity index (χ0n) is 18.7. The van der Waals surface area contributed by atoms with Crippen molar-refractivity contribution in [1.82, 2.24) is 0 Å². The number of hydrogen-bond acceptors (Lipinski definition) is 0. The molecule has 0 nitrogen and oxygen atoms in total. The lowest BCUT2D eigenvalue weighted by molar-refractivity contribution is 0.108. The van der Waals surface area contributed by atoms with Crippen molar-refractivity contribution in [2.24, 2.45) is 29.6 Å². The van der Waals surface area contributed by atoms with Crippen LogP contribution in [-0.2, 0) is 0 Å². The number of fused-ring (bicyclic) bond motifs is 1. The summed E-state index contributed by atoms with van der Waals surface area (Å²) in [4.78, 5) is 0. The Morgan fingerprint density at radius 1 is 0.667 bits per heavy atom. The summed E-state index contributed by atoms with van der Waals surface area (Å²) in [7, 11) is 0. The summed E-state index contributed by atoms with van der Waals surface area (Å²) in [6, 6.07) is 2.45. The van der Waals surface area contributed by atoms with E-state index in [0.717, 1.165) is 42.9 Å². The maximum atomic E-state index is 13.7. The quantitative estimate of drug-likeness (QED) is 0.403. The molecule has 168 valence electrons. The van der Waals surface area contributed by atoms with Gasteiger partial charge in [0.2, 0.25) is 0 Å². The lowest BCUT2D eigenvalue weighted by Gasteiger charge is -2.43. The van der Waals surface area contributed by atoms with Crippen molar-refractivity contribution in [3.63, 3.8) is 0 Å². The van der Waals surface area contributed by atoms with Crippen LogP contribution >= 0.6 is 0 Å². The number of halogens is 3. The van der Waals surface area contributed by atoms with Gasteiger partial charge >= 0.3 is 0 Å². The van der Waals surface area contributed by atoms with Crippen LogP contribution < -0.4 is 0 Å². The van der Waals surface area contributed by atoms with Crippen molar-refractivity contribution in [3.8, 4) is 0 Å². The summed E-state index contributed by atoms with van der Waals surface area (Å²) >= 11 is 0. The van der Waals surface area contributed by atoms with Crippen molar-refractivity contribution in [3.05, 3.63) is 35.1 Å². The molecule has 0 aromatic heterocycles. The van der Waals surface area contributed by atoms with E-state index >= 15 is 0 Å². The van der Waals surface area contributed by atoms with Gasteiger partial charge in [-0.25, -0.2) is 13.2 Å². The first kappa shape index (κ1) is 22.2. The van der Waals surface area contributed by atoms with Crippen LogP contribution in [-0.4, -0.2) is 0 Å². The van der Waals surface area contributed by atoms with Gasteiger partial charge in [-0.3, -0.25) is 0 Å². The molecule has 0 bridgehead atoms. The van der Waals surface area contributed by atoms with Gasteiger partial charge in [0, 0.05) is 0 Å². The van der Waals surface area contributed by atoms with Gasteiger partial charge in [-0.15, -0.1) is 0 Å². The van der Waals surface area contributed by atoms with Gasteiger partial charge in [-0.1, -0.05) is 64.7 Å². The number of hydrogen-bond donors (Lipinski definition) is 0. The lowest BCUT2D eigenvalue weighted by atomic mass is 9.63. The molecule has 0 heterocycles. The molecule has 0 radical (unpaired) electrons. The topological polar surface area (TPSA) is 0 Å². The molecule has 0 aliphatic heterocycles. The Kier molecular flexibility index (Phi) is 7.47. The fourth-order valence-corrected chi connectivity index (χ4v) is 7.05. The molecule has 30 heavy (non-hydrogen) atoms.